The lowest BCUT2D eigenvalue weighted by atomic mass is 10.1. The largest absolute Gasteiger partial charge is 0.480 e. The molecule has 38 heavy (non-hydrogen) atoms. The average molecular weight is 528 g/mol. The van der Waals surface area contributed by atoms with E-state index in [1.807, 2.05) is 18.3 Å². The normalized spacial score (nSPS) is 13.3. The van der Waals surface area contributed by atoms with Crippen LogP contribution in [-0.2, 0) is 4.74 Å². The number of pyridine rings is 2. The lowest BCUT2D eigenvalue weighted by Gasteiger charge is -2.38. The molecule has 1 N–H and O–H groups in total. The van der Waals surface area contributed by atoms with Crippen LogP contribution >= 0.6 is 11.9 Å². The molecule has 0 spiro atoms. The molecule has 2 aromatic carbocycles. The second-order valence-electron chi connectivity index (χ2n) is 8.78. The zero-order valence-electron chi connectivity index (χ0n) is 21.4. The highest BCUT2D eigenvalue weighted by molar-refractivity contribution is 8.00. The van der Waals surface area contributed by atoms with Gasteiger partial charge in [-0.05, 0) is 47.8 Å². The van der Waals surface area contributed by atoms with E-state index in [0.717, 1.165) is 64.6 Å². The third-order valence-electron chi connectivity index (χ3n) is 6.55. The van der Waals surface area contributed by atoms with Crippen molar-refractivity contribution < 1.29 is 14.3 Å². The molecule has 1 aliphatic heterocycles. The average Bonchev–Trinajstić information content (AvgIpc) is 2.99. The second-order valence-corrected chi connectivity index (χ2v) is 9.62. The molecule has 0 aliphatic carbocycles. The number of anilines is 2. The number of aromatic nitrogens is 2. The van der Waals surface area contributed by atoms with Crippen LogP contribution in [0.25, 0.3) is 16.6 Å². The third kappa shape index (κ3) is 5.38. The molecule has 0 atom stereocenters. The van der Waals surface area contributed by atoms with Crippen LogP contribution in [0.5, 0.6) is 5.88 Å². The number of carbonyl (C=O) groups is 1. The number of para-hydroxylation sites is 1. The summed E-state index contributed by atoms with van der Waals surface area (Å²) in [7, 11) is 2.84. The number of fused-ring (bicyclic) bond motifs is 1. The Labute approximate surface area is 226 Å². The maximum absolute atomic E-state index is 12.1. The molecule has 3 heterocycles. The van der Waals surface area contributed by atoms with E-state index < -0.39 is 5.97 Å². The number of esters is 1. The van der Waals surface area contributed by atoms with Crippen LogP contribution in [-0.4, -0.2) is 61.2 Å². The van der Waals surface area contributed by atoms with E-state index in [1.165, 1.54) is 14.2 Å². The first kappa shape index (κ1) is 25.4. The lowest BCUT2D eigenvalue weighted by Crippen LogP contribution is -2.45. The molecular formula is C29H29N5O3S. The number of methoxy groups -OCH3 is 2. The molecule has 0 amide bonds. The molecule has 0 bridgehead atoms. The van der Waals surface area contributed by atoms with E-state index in [0.29, 0.717) is 5.56 Å². The number of benzene rings is 2. The number of hydrogen-bond acceptors (Lipinski definition) is 9. The number of ether oxygens (including phenoxy) is 2. The van der Waals surface area contributed by atoms with Crippen LogP contribution < -0.4 is 14.4 Å². The highest BCUT2D eigenvalue weighted by Gasteiger charge is 2.22. The lowest BCUT2D eigenvalue weighted by molar-refractivity contribution is 0.0596. The molecule has 0 unspecified atom stereocenters. The Morgan fingerprint density at radius 3 is 2.50 bits per heavy atom. The summed E-state index contributed by atoms with van der Waals surface area (Å²) in [4.78, 5) is 26.5. The van der Waals surface area contributed by atoms with Gasteiger partial charge >= 0.3 is 5.97 Å². The highest BCUT2D eigenvalue weighted by atomic mass is 32.2. The van der Waals surface area contributed by atoms with E-state index in [-0.39, 0.29) is 5.88 Å². The van der Waals surface area contributed by atoms with Gasteiger partial charge < -0.3 is 24.0 Å². The van der Waals surface area contributed by atoms with Crippen LogP contribution in [0.2, 0.25) is 0 Å². The van der Waals surface area contributed by atoms with E-state index in [9.17, 15) is 4.79 Å². The van der Waals surface area contributed by atoms with Crippen LogP contribution in [0.1, 0.15) is 15.9 Å². The van der Waals surface area contributed by atoms with Gasteiger partial charge in [0, 0.05) is 49.1 Å². The van der Waals surface area contributed by atoms with Crippen LogP contribution in [0, 0.1) is 0 Å². The van der Waals surface area contributed by atoms with Crippen LogP contribution in [0.15, 0.2) is 84.5 Å². The van der Waals surface area contributed by atoms with Gasteiger partial charge in [0.25, 0.3) is 0 Å². The smallest absolute Gasteiger partial charge is 0.343 e. The SMILES string of the molecule is C=C(c1ccc(NSc2cccc3cccnc23)cc1)N1CCN(c2cnc(OC)c(C(=O)OC)c2)CC1. The molecule has 2 aromatic heterocycles. The molecule has 1 fully saturated rings. The Bertz CT molecular complexity index is 1450. The van der Waals surface area contributed by atoms with Crippen molar-refractivity contribution in [2.45, 2.75) is 4.90 Å². The summed E-state index contributed by atoms with van der Waals surface area (Å²) in [5, 5.41) is 1.12. The predicted molar refractivity (Wildman–Crippen MR) is 153 cm³/mol. The number of nitrogens with one attached hydrogen (secondary N) is 1. The minimum Gasteiger partial charge on any atom is -0.480 e. The fraction of sp³-hybridized carbons (Fsp3) is 0.207. The molecule has 0 saturated carbocycles. The van der Waals surface area contributed by atoms with E-state index in [4.69, 9.17) is 9.47 Å². The van der Waals surface area contributed by atoms with E-state index >= 15 is 0 Å². The Morgan fingerprint density at radius 1 is 1.00 bits per heavy atom. The Kier molecular flexibility index (Phi) is 7.65. The molecule has 4 aromatic rings. The minimum absolute atomic E-state index is 0.262. The van der Waals surface area contributed by atoms with Crippen molar-refractivity contribution in [3.05, 3.63) is 90.8 Å². The van der Waals surface area contributed by atoms with Gasteiger partial charge in [0.1, 0.15) is 5.56 Å². The Morgan fingerprint density at radius 2 is 1.76 bits per heavy atom. The van der Waals surface area contributed by atoms with Crippen molar-refractivity contribution in [2.75, 3.05) is 50.0 Å². The monoisotopic (exact) mass is 527 g/mol. The van der Waals surface area contributed by atoms with Gasteiger partial charge in [-0.1, -0.05) is 36.9 Å². The number of carbonyl (C=O) groups excluding carboxylic acids is 1. The van der Waals surface area contributed by atoms with Crippen molar-refractivity contribution in [3.8, 4) is 5.88 Å². The van der Waals surface area contributed by atoms with Gasteiger partial charge in [0.05, 0.1) is 36.5 Å². The standard InChI is InChI=1S/C29H29N5O3S/c1-20(33-14-16-34(17-15-33)24-18-25(29(35)37-3)28(36-2)31-19-24)21-9-11-23(12-10-21)32-38-26-8-4-6-22-7-5-13-30-27(22)26/h4-13,18-19,32H,1,14-17H2,2-3H3. The molecule has 0 radical (unpaired) electrons. The fourth-order valence-electron chi connectivity index (χ4n) is 4.45. The summed E-state index contributed by atoms with van der Waals surface area (Å²) in [6.07, 6.45) is 3.55. The van der Waals surface area contributed by atoms with Gasteiger partial charge in [0.2, 0.25) is 5.88 Å². The minimum atomic E-state index is -0.465. The van der Waals surface area contributed by atoms with Crippen molar-refractivity contribution >= 4 is 45.9 Å². The molecular weight excluding hydrogens is 498 g/mol. The number of rotatable bonds is 8. The number of nitrogens with zero attached hydrogens (tertiary/aromatic N) is 4. The van der Waals surface area contributed by atoms with Crippen molar-refractivity contribution in [3.63, 3.8) is 0 Å². The Hall–Kier alpha value is -4.24. The van der Waals surface area contributed by atoms with Crippen molar-refractivity contribution in [1.29, 1.82) is 0 Å². The van der Waals surface area contributed by atoms with E-state index in [1.54, 1.807) is 24.2 Å². The first-order valence-electron chi connectivity index (χ1n) is 12.3. The topological polar surface area (TPSA) is 79.8 Å². The van der Waals surface area contributed by atoms with Crippen LogP contribution in [0.3, 0.4) is 0 Å². The van der Waals surface area contributed by atoms with Crippen LogP contribution in [0.4, 0.5) is 11.4 Å². The maximum Gasteiger partial charge on any atom is 0.343 e. The molecule has 5 rings (SSSR count). The van der Waals surface area contributed by atoms with Gasteiger partial charge in [-0.15, -0.1) is 0 Å². The first-order chi connectivity index (χ1) is 18.6. The van der Waals surface area contributed by atoms with Gasteiger partial charge in [0.15, 0.2) is 0 Å². The molecule has 1 saturated heterocycles. The summed E-state index contributed by atoms with van der Waals surface area (Å²) < 4.78 is 13.5. The zero-order chi connectivity index (χ0) is 26.5. The number of hydrogen-bond donors (Lipinski definition) is 1. The van der Waals surface area contributed by atoms with Crippen molar-refractivity contribution in [1.82, 2.24) is 14.9 Å². The van der Waals surface area contributed by atoms with Gasteiger partial charge in [-0.3, -0.25) is 4.98 Å². The maximum atomic E-state index is 12.1. The predicted octanol–water partition coefficient (Wildman–Crippen LogP) is 5.34. The first-order valence-corrected chi connectivity index (χ1v) is 13.1. The second kappa shape index (κ2) is 11.4. The quantitative estimate of drug-likeness (QED) is 0.241. The van der Waals surface area contributed by atoms with Gasteiger partial charge in [-0.2, -0.15) is 0 Å². The van der Waals surface area contributed by atoms with Crippen molar-refractivity contribution in [2.24, 2.45) is 0 Å². The summed E-state index contributed by atoms with van der Waals surface area (Å²) >= 11 is 1.56. The highest BCUT2D eigenvalue weighted by Crippen LogP contribution is 2.29. The molecule has 1 aliphatic rings. The molecule has 9 heteroatoms. The summed E-state index contributed by atoms with van der Waals surface area (Å²) in [6.45, 7) is 7.54. The van der Waals surface area contributed by atoms with E-state index in [2.05, 4.69) is 73.5 Å². The summed E-state index contributed by atoms with van der Waals surface area (Å²) in [5.74, 6) is -0.203. The fourth-order valence-corrected chi connectivity index (χ4v) is 5.23. The molecule has 194 valence electrons. The summed E-state index contributed by atoms with van der Waals surface area (Å²) in [5.41, 5.74) is 5.26. The number of piperazine rings is 1. The summed E-state index contributed by atoms with van der Waals surface area (Å²) in [6, 6.07) is 20.3. The molecule has 8 nitrogen and oxygen atoms in total. The zero-order valence-corrected chi connectivity index (χ0v) is 22.2. The van der Waals surface area contributed by atoms with Gasteiger partial charge in [-0.25, -0.2) is 9.78 Å². The Balaban J connectivity index is 1.18. The third-order valence-corrected chi connectivity index (χ3v) is 7.44.